The van der Waals surface area contributed by atoms with Gasteiger partial charge in [0, 0.05) is 17.5 Å². The van der Waals surface area contributed by atoms with Crippen molar-refractivity contribution in [3.63, 3.8) is 0 Å². The molecule has 1 aromatic carbocycles. The number of nitrogens with one attached hydrogen (secondary N) is 1. The Morgan fingerprint density at radius 2 is 2.11 bits per heavy atom. The van der Waals surface area contributed by atoms with E-state index < -0.39 is 10.0 Å². The monoisotopic (exact) mass is 298 g/mol. The Balaban J connectivity index is 2.25. The van der Waals surface area contributed by atoms with E-state index in [2.05, 4.69) is 4.72 Å². The molecule has 0 aliphatic heterocycles. The first kappa shape index (κ1) is 13.9. The number of anilines is 1. The molecule has 0 radical (unpaired) electrons. The molecule has 1 heterocycles. The number of sulfonamides is 1. The molecule has 0 saturated heterocycles. The van der Waals surface area contributed by atoms with Crippen LogP contribution in [0, 0.1) is 0 Å². The van der Waals surface area contributed by atoms with Crippen molar-refractivity contribution in [2.75, 3.05) is 11.8 Å². The third kappa shape index (κ3) is 3.25. The summed E-state index contributed by atoms with van der Waals surface area (Å²) in [6.07, 6.45) is 0. The minimum Gasteiger partial charge on any atom is -0.497 e. The maximum atomic E-state index is 12.1. The molecular weight excluding hydrogens is 284 g/mol. The number of hydrogen-bond acceptors (Lipinski definition) is 5. The largest absolute Gasteiger partial charge is 0.497 e. The molecule has 0 aliphatic rings. The second-order valence-corrected chi connectivity index (χ2v) is 6.84. The highest BCUT2D eigenvalue weighted by Gasteiger charge is 2.16. The lowest BCUT2D eigenvalue weighted by Crippen LogP contribution is -2.11. The van der Waals surface area contributed by atoms with Gasteiger partial charge < -0.3 is 10.5 Å². The summed E-state index contributed by atoms with van der Waals surface area (Å²) in [5, 5.41) is 0. The van der Waals surface area contributed by atoms with E-state index >= 15 is 0 Å². The molecule has 1 aromatic heterocycles. The third-order valence-electron chi connectivity index (χ3n) is 2.42. The zero-order valence-electron chi connectivity index (χ0n) is 10.3. The Morgan fingerprint density at radius 3 is 2.74 bits per heavy atom. The smallest absolute Gasteiger partial charge is 0.271 e. The Bertz CT molecular complexity index is 665. The van der Waals surface area contributed by atoms with Crippen molar-refractivity contribution in [2.24, 2.45) is 5.73 Å². The molecule has 0 aliphatic carbocycles. The van der Waals surface area contributed by atoms with Crippen LogP contribution in [-0.2, 0) is 16.6 Å². The Kier molecular flexibility index (Phi) is 4.08. The lowest BCUT2D eigenvalue weighted by molar-refractivity contribution is 0.415. The van der Waals surface area contributed by atoms with Crippen molar-refractivity contribution in [1.82, 2.24) is 0 Å². The summed E-state index contributed by atoms with van der Waals surface area (Å²) in [6, 6.07) is 10.0. The van der Waals surface area contributed by atoms with Gasteiger partial charge in [0.05, 0.1) is 12.8 Å². The first-order valence-corrected chi connectivity index (χ1v) is 7.81. The van der Waals surface area contributed by atoms with E-state index in [1.807, 2.05) is 0 Å². The van der Waals surface area contributed by atoms with Gasteiger partial charge in [-0.3, -0.25) is 4.72 Å². The number of methoxy groups -OCH3 is 1. The van der Waals surface area contributed by atoms with E-state index in [-0.39, 0.29) is 4.21 Å². The molecule has 0 fully saturated rings. The molecule has 0 saturated carbocycles. The maximum absolute atomic E-state index is 12.1. The van der Waals surface area contributed by atoms with Crippen LogP contribution in [0.15, 0.2) is 40.6 Å². The summed E-state index contributed by atoms with van der Waals surface area (Å²) in [5.74, 6) is 0.592. The van der Waals surface area contributed by atoms with Crippen LogP contribution in [0.3, 0.4) is 0 Å². The van der Waals surface area contributed by atoms with Gasteiger partial charge in [-0.15, -0.1) is 11.3 Å². The van der Waals surface area contributed by atoms with E-state index in [0.717, 1.165) is 16.2 Å². The molecular formula is C12H14N2O3S2. The minimum atomic E-state index is -3.57. The minimum absolute atomic E-state index is 0.246. The fourth-order valence-corrected chi connectivity index (χ4v) is 3.79. The van der Waals surface area contributed by atoms with Gasteiger partial charge in [-0.05, 0) is 24.3 Å². The maximum Gasteiger partial charge on any atom is 0.271 e. The van der Waals surface area contributed by atoms with Crippen LogP contribution in [0.25, 0.3) is 0 Å². The fraction of sp³-hybridized carbons (Fsp3) is 0.167. The van der Waals surface area contributed by atoms with Crippen molar-refractivity contribution in [1.29, 1.82) is 0 Å². The summed E-state index contributed by atoms with van der Waals surface area (Å²) < 4.78 is 32.1. The molecule has 0 bridgehead atoms. The lowest BCUT2D eigenvalue weighted by Gasteiger charge is -2.07. The number of nitrogens with two attached hydrogens (primary N) is 1. The van der Waals surface area contributed by atoms with Gasteiger partial charge in [0.2, 0.25) is 0 Å². The van der Waals surface area contributed by atoms with Gasteiger partial charge in [0.25, 0.3) is 10.0 Å². The Labute approximate surface area is 116 Å². The zero-order chi connectivity index (χ0) is 13.9. The summed E-state index contributed by atoms with van der Waals surface area (Å²) in [5.41, 5.74) is 5.94. The number of benzene rings is 1. The summed E-state index contributed by atoms with van der Waals surface area (Å²) in [7, 11) is -2.04. The van der Waals surface area contributed by atoms with Crippen molar-refractivity contribution in [2.45, 2.75) is 10.8 Å². The predicted octanol–water partition coefficient (Wildman–Crippen LogP) is 2.02. The highest BCUT2D eigenvalue weighted by molar-refractivity contribution is 7.94. The van der Waals surface area contributed by atoms with E-state index in [1.54, 1.807) is 36.4 Å². The molecule has 0 amide bonds. The molecule has 102 valence electrons. The van der Waals surface area contributed by atoms with Crippen LogP contribution >= 0.6 is 11.3 Å². The van der Waals surface area contributed by atoms with Gasteiger partial charge >= 0.3 is 0 Å². The quantitative estimate of drug-likeness (QED) is 0.885. The summed E-state index contributed by atoms with van der Waals surface area (Å²) in [4.78, 5) is 0.825. The van der Waals surface area contributed by atoms with Crippen LogP contribution in [0.1, 0.15) is 4.88 Å². The molecule has 2 aromatic rings. The van der Waals surface area contributed by atoms with Gasteiger partial charge in [0.1, 0.15) is 9.96 Å². The molecule has 7 heteroatoms. The molecule has 19 heavy (non-hydrogen) atoms. The SMILES string of the molecule is COc1cccc(NS(=O)(=O)c2ccc(CN)s2)c1. The molecule has 2 rings (SSSR count). The van der Waals surface area contributed by atoms with Crippen molar-refractivity contribution in [3.05, 3.63) is 41.3 Å². The second-order valence-electron chi connectivity index (χ2n) is 3.76. The highest BCUT2D eigenvalue weighted by atomic mass is 32.2. The summed E-state index contributed by atoms with van der Waals surface area (Å²) >= 11 is 1.16. The molecule has 5 nitrogen and oxygen atoms in total. The standard InChI is InChI=1S/C12H14N2O3S2/c1-17-10-4-2-3-9(7-10)14-19(15,16)12-6-5-11(8-13)18-12/h2-7,14H,8,13H2,1H3. The molecule has 0 atom stereocenters. The first-order chi connectivity index (χ1) is 9.05. The van der Waals surface area contributed by atoms with Crippen molar-refractivity contribution < 1.29 is 13.2 Å². The molecule has 3 N–H and O–H groups in total. The highest BCUT2D eigenvalue weighted by Crippen LogP contribution is 2.25. The van der Waals surface area contributed by atoms with E-state index in [1.165, 1.54) is 7.11 Å². The lowest BCUT2D eigenvalue weighted by atomic mass is 10.3. The van der Waals surface area contributed by atoms with Crippen LogP contribution in [-0.4, -0.2) is 15.5 Å². The van der Waals surface area contributed by atoms with E-state index in [9.17, 15) is 8.42 Å². The topological polar surface area (TPSA) is 81.4 Å². The number of ether oxygens (including phenoxy) is 1. The predicted molar refractivity (Wildman–Crippen MR) is 76.0 cm³/mol. The van der Waals surface area contributed by atoms with Gasteiger partial charge in [0.15, 0.2) is 0 Å². The van der Waals surface area contributed by atoms with E-state index in [4.69, 9.17) is 10.5 Å². The van der Waals surface area contributed by atoms with Crippen molar-refractivity contribution >= 4 is 27.0 Å². The normalized spacial score (nSPS) is 11.3. The van der Waals surface area contributed by atoms with Crippen LogP contribution in [0.5, 0.6) is 5.75 Å². The number of thiophene rings is 1. The van der Waals surface area contributed by atoms with Crippen molar-refractivity contribution in [3.8, 4) is 5.75 Å². The Hall–Kier alpha value is -1.57. The number of hydrogen-bond donors (Lipinski definition) is 2. The third-order valence-corrected chi connectivity index (χ3v) is 5.41. The van der Waals surface area contributed by atoms with E-state index in [0.29, 0.717) is 18.0 Å². The Morgan fingerprint density at radius 1 is 1.32 bits per heavy atom. The molecule has 0 unspecified atom stereocenters. The van der Waals surface area contributed by atoms with Crippen LogP contribution < -0.4 is 15.2 Å². The first-order valence-electron chi connectivity index (χ1n) is 5.51. The molecule has 0 spiro atoms. The average Bonchev–Trinajstić information content (AvgIpc) is 2.88. The van der Waals surface area contributed by atoms with Gasteiger partial charge in [-0.1, -0.05) is 6.07 Å². The van der Waals surface area contributed by atoms with Crippen LogP contribution in [0.2, 0.25) is 0 Å². The summed E-state index contributed by atoms with van der Waals surface area (Å²) in [6.45, 7) is 0.333. The second kappa shape index (κ2) is 5.60. The van der Waals surface area contributed by atoms with Gasteiger partial charge in [-0.25, -0.2) is 8.42 Å². The van der Waals surface area contributed by atoms with Crippen LogP contribution in [0.4, 0.5) is 5.69 Å². The number of rotatable bonds is 5. The van der Waals surface area contributed by atoms with Gasteiger partial charge in [-0.2, -0.15) is 0 Å². The zero-order valence-corrected chi connectivity index (χ0v) is 11.9. The average molecular weight is 298 g/mol. The fourth-order valence-electron chi connectivity index (χ4n) is 1.50.